The summed E-state index contributed by atoms with van der Waals surface area (Å²) in [5.41, 5.74) is 2.48. The Morgan fingerprint density at radius 2 is 2.10 bits per heavy atom. The van der Waals surface area contributed by atoms with E-state index in [-0.39, 0.29) is 11.3 Å². The predicted molar refractivity (Wildman–Crippen MR) is 110 cm³/mol. The summed E-state index contributed by atoms with van der Waals surface area (Å²) in [6.07, 6.45) is 6.21. The molecule has 2 aliphatic rings. The number of fused-ring (bicyclic) bond motifs is 3. The van der Waals surface area contributed by atoms with Crippen LogP contribution >= 0.6 is 0 Å². The number of H-pyrrole nitrogens is 1. The number of carbonyl (C=O) groups is 1. The number of aromatic amines is 1. The summed E-state index contributed by atoms with van der Waals surface area (Å²) in [6.45, 7) is 8.69. The Kier molecular flexibility index (Phi) is 4.05. The third-order valence-electron chi connectivity index (χ3n) is 6.66. The highest BCUT2D eigenvalue weighted by Gasteiger charge is 2.51. The van der Waals surface area contributed by atoms with Crippen molar-refractivity contribution in [1.29, 1.82) is 0 Å². The minimum absolute atomic E-state index is 0.179. The number of carbonyl (C=O) groups excluding carboxylic acids is 1. The first-order valence-corrected chi connectivity index (χ1v) is 10.4. The number of benzene rings is 1. The number of hydrogen-bond acceptors (Lipinski definition) is 4. The zero-order valence-electron chi connectivity index (χ0n) is 17.4. The predicted octanol–water partition coefficient (Wildman–Crippen LogP) is 3.44. The molecule has 1 aliphatic carbocycles. The van der Waals surface area contributed by atoms with E-state index >= 15 is 0 Å². The van der Waals surface area contributed by atoms with E-state index in [1.165, 1.54) is 6.42 Å². The highest BCUT2D eigenvalue weighted by atomic mass is 16.2. The van der Waals surface area contributed by atoms with Gasteiger partial charge in [0.1, 0.15) is 0 Å². The molecule has 2 bridgehead atoms. The van der Waals surface area contributed by atoms with Crippen LogP contribution in [0.25, 0.3) is 10.9 Å². The Morgan fingerprint density at radius 1 is 1.24 bits per heavy atom. The van der Waals surface area contributed by atoms with Gasteiger partial charge in [0.15, 0.2) is 5.82 Å². The van der Waals surface area contributed by atoms with Crippen LogP contribution in [-0.2, 0) is 13.0 Å². The number of tetrazole rings is 1. The number of nitrogens with zero attached hydrogens (tertiary/aromatic N) is 5. The first-order chi connectivity index (χ1) is 13.8. The quantitative estimate of drug-likeness (QED) is 0.738. The Balaban J connectivity index is 1.36. The van der Waals surface area contributed by atoms with Gasteiger partial charge < -0.3 is 9.47 Å². The number of aryl methyl sites for hydroxylation is 2. The molecule has 0 spiro atoms. The first-order valence-electron chi connectivity index (χ1n) is 10.4. The normalized spacial score (nSPS) is 25.6. The minimum Gasteiger partial charge on any atom is -0.347 e. The van der Waals surface area contributed by atoms with Crippen LogP contribution in [0.3, 0.4) is 0 Å². The lowest BCUT2D eigenvalue weighted by Crippen LogP contribution is -2.37. The van der Waals surface area contributed by atoms with Crippen LogP contribution in [0, 0.1) is 10.8 Å². The monoisotopic (exact) mass is 392 g/mol. The molecule has 7 heteroatoms. The molecule has 5 rings (SSSR count). The SMILES string of the molecule is CC1(C)CC2CC(C)(CN2C(=O)c2ccc3c(ccn3CCc3nn[nH]n3)c2)C1. The van der Waals surface area contributed by atoms with E-state index < -0.39 is 0 Å². The van der Waals surface area contributed by atoms with E-state index in [9.17, 15) is 4.79 Å². The van der Waals surface area contributed by atoms with Crippen LogP contribution in [0.5, 0.6) is 0 Å². The molecule has 2 atom stereocenters. The van der Waals surface area contributed by atoms with Gasteiger partial charge in [0.05, 0.1) is 0 Å². The van der Waals surface area contributed by atoms with Gasteiger partial charge in [0.2, 0.25) is 0 Å². The van der Waals surface area contributed by atoms with Crippen molar-refractivity contribution in [3.8, 4) is 0 Å². The fourth-order valence-corrected chi connectivity index (χ4v) is 5.90. The maximum Gasteiger partial charge on any atom is 0.254 e. The molecule has 2 unspecified atom stereocenters. The Morgan fingerprint density at radius 3 is 2.90 bits per heavy atom. The average Bonchev–Trinajstić information content (AvgIpc) is 3.36. The molecule has 1 amide bonds. The molecule has 1 saturated carbocycles. The number of rotatable bonds is 4. The zero-order chi connectivity index (χ0) is 20.2. The highest BCUT2D eigenvalue weighted by molar-refractivity contribution is 5.98. The fraction of sp³-hybridized carbons (Fsp3) is 0.545. The lowest BCUT2D eigenvalue weighted by atomic mass is 9.65. The third-order valence-corrected chi connectivity index (χ3v) is 6.66. The number of hydrogen-bond donors (Lipinski definition) is 1. The average molecular weight is 393 g/mol. The lowest BCUT2D eigenvalue weighted by molar-refractivity contribution is 0.0708. The van der Waals surface area contributed by atoms with Crippen LogP contribution in [-0.4, -0.2) is 48.6 Å². The van der Waals surface area contributed by atoms with Crippen molar-refractivity contribution in [2.24, 2.45) is 10.8 Å². The van der Waals surface area contributed by atoms with Crippen molar-refractivity contribution in [2.45, 2.75) is 59.0 Å². The molecule has 2 aromatic heterocycles. The molecule has 2 fully saturated rings. The summed E-state index contributed by atoms with van der Waals surface area (Å²) >= 11 is 0. The summed E-state index contributed by atoms with van der Waals surface area (Å²) in [7, 11) is 0. The van der Waals surface area contributed by atoms with Crippen molar-refractivity contribution in [2.75, 3.05) is 6.54 Å². The summed E-state index contributed by atoms with van der Waals surface area (Å²) < 4.78 is 2.17. The van der Waals surface area contributed by atoms with Crippen molar-refractivity contribution in [1.82, 2.24) is 30.1 Å². The highest BCUT2D eigenvalue weighted by Crippen LogP contribution is 2.52. The van der Waals surface area contributed by atoms with Gasteiger partial charge in [-0.3, -0.25) is 4.79 Å². The Labute approximate surface area is 170 Å². The van der Waals surface area contributed by atoms with Gasteiger partial charge in [-0.15, -0.1) is 10.2 Å². The van der Waals surface area contributed by atoms with Crippen molar-refractivity contribution in [3.05, 3.63) is 41.9 Å². The van der Waals surface area contributed by atoms with Gasteiger partial charge >= 0.3 is 0 Å². The standard InChI is InChI=1S/C22H28N6O/c1-21(2)11-17-12-22(3,13-21)14-28(17)20(29)16-4-5-18-15(10-16)6-8-27(18)9-7-19-23-25-26-24-19/h4-6,8,10,17H,7,9,11-14H2,1-3H3,(H,23,24,25,26). The minimum atomic E-state index is 0.179. The molecule has 1 saturated heterocycles. The summed E-state index contributed by atoms with van der Waals surface area (Å²) in [6, 6.07) is 8.53. The summed E-state index contributed by atoms with van der Waals surface area (Å²) in [5, 5.41) is 15.2. The van der Waals surface area contributed by atoms with Crippen LogP contribution in [0.4, 0.5) is 0 Å². The van der Waals surface area contributed by atoms with Crippen LogP contribution in [0.15, 0.2) is 30.5 Å². The molecule has 1 N–H and O–H groups in total. The van der Waals surface area contributed by atoms with Gasteiger partial charge in [-0.25, -0.2) is 0 Å². The van der Waals surface area contributed by atoms with Crippen LogP contribution in [0.2, 0.25) is 0 Å². The van der Waals surface area contributed by atoms with E-state index in [1.54, 1.807) is 0 Å². The molecule has 3 aromatic rings. The maximum atomic E-state index is 13.4. The van der Waals surface area contributed by atoms with Crippen molar-refractivity contribution >= 4 is 16.8 Å². The molecule has 1 aliphatic heterocycles. The number of likely N-dealkylation sites (tertiary alicyclic amines) is 1. The van der Waals surface area contributed by atoms with E-state index in [0.717, 1.165) is 42.4 Å². The molecule has 3 heterocycles. The molecular weight excluding hydrogens is 364 g/mol. The van der Waals surface area contributed by atoms with E-state index in [1.807, 2.05) is 12.1 Å². The molecule has 152 valence electrons. The molecule has 29 heavy (non-hydrogen) atoms. The van der Waals surface area contributed by atoms with Crippen molar-refractivity contribution < 1.29 is 4.79 Å². The van der Waals surface area contributed by atoms with Gasteiger partial charge in [-0.05, 0) is 54.4 Å². The molecule has 7 nitrogen and oxygen atoms in total. The van der Waals surface area contributed by atoms with Gasteiger partial charge in [-0.1, -0.05) is 26.0 Å². The van der Waals surface area contributed by atoms with Gasteiger partial charge in [0.25, 0.3) is 5.91 Å². The second-order valence-electron chi connectivity index (χ2n) is 10.0. The topological polar surface area (TPSA) is 79.7 Å². The second kappa shape index (κ2) is 6.40. The van der Waals surface area contributed by atoms with E-state index in [0.29, 0.717) is 23.7 Å². The number of nitrogens with one attached hydrogen (secondary N) is 1. The summed E-state index contributed by atoms with van der Waals surface area (Å²) in [4.78, 5) is 15.5. The van der Waals surface area contributed by atoms with Gasteiger partial charge in [0, 0.05) is 48.2 Å². The van der Waals surface area contributed by atoms with Crippen LogP contribution in [0.1, 0.15) is 56.2 Å². The molecular formula is C22H28N6O. The first kappa shape index (κ1) is 18.3. The van der Waals surface area contributed by atoms with E-state index in [4.69, 9.17) is 0 Å². The Hall–Kier alpha value is -2.70. The van der Waals surface area contributed by atoms with Gasteiger partial charge in [-0.2, -0.15) is 5.21 Å². The fourth-order valence-electron chi connectivity index (χ4n) is 5.90. The lowest BCUT2D eigenvalue weighted by Gasteiger charge is -2.39. The molecule has 0 radical (unpaired) electrons. The largest absolute Gasteiger partial charge is 0.347 e. The van der Waals surface area contributed by atoms with Crippen molar-refractivity contribution in [3.63, 3.8) is 0 Å². The number of aromatic nitrogens is 5. The smallest absolute Gasteiger partial charge is 0.254 e. The van der Waals surface area contributed by atoms with E-state index in [2.05, 4.69) is 69.2 Å². The zero-order valence-corrected chi connectivity index (χ0v) is 17.4. The van der Waals surface area contributed by atoms with Crippen LogP contribution < -0.4 is 0 Å². The molecule has 1 aromatic carbocycles. The second-order valence-corrected chi connectivity index (χ2v) is 10.0. The summed E-state index contributed by atoms with van der Waals surface area (Å²) in [5.74, 6) is 0.882. The maximum absolute atomic E-state index is 13.4. The number of amides is 1. The Bertz CT molecular complexity index is 1050. The third kappa shape index (κ3) is 3.32.